The number of carbonyl (C=O) groups excluding carboxylic acids is 2. The second-order valence-corrected chi connectivity index (χ2v) is 8.69. The maximum atomic E-state index is 10.9. The molecule has 0 radical (unpaired) electrons. The Kier molecular flexibility index (Phi) is 10.6. The summed E-state index contributed by atoms with van der Waals surface area (Å²) in [5.41, 5.74) is 2.73. The summed E-state index contributed by atoms with van der Waals surface area (Å²) < 4.78 is 33.2. The molecule has 2 aromatic carbocycles. The van der Waals surface area contributed by atoms with Gasteiger partial charge in [-0.25, -0.2) is 0 Å². The highest BCUT2D eigenvalue weighted by Gasteiger charge is 2.19. The van der Waals surface area contributed by atoms with Gasteiger partial charge in [0.05, 0.1) is 38.6 Å². The third-order valence-electron chi connectivity index (χ3n) is 6.23. The van der Waals surface area contributed by atoms with Crippen LogP contribution in [0.5, 0.6) is 23.0 Å². The molecular formula is C28H36O8. The number of benzene rings is 2. The van der Waals surface area contributed by atoms with Gasteiger partial charge in [-0.15, -0.1) is 0 Å². The van der Waals surface area contributed by atoms with Gasteiger partial charge in [-0.1, -0.05) is 0 Å². The number of ether oxygens (including phenoxy) is 6. The van der Waals surface area contributed by atoms with E-state index in [9.17, 15) is 9.59 Å². The first-order chi connectivity index (χ1) is 17.5. The van der Waals surface area contributed by atoms with E-state index in [4.69, 9.17) is 28.4 Å². The van der Waals surface area contributed by atoms with Gasteiger partial charge in [0.25, 0.3) is 0 Å². The van der Waals surface area contributed by atoms with E-state index in [0.717, 1.165) is 75.4 Å². The number of methoxy groups -OCH3 is 2. The molecule has 0 N–H and O–H groups in total. The van der Waals surface area contributed by atoms with Crippen molar-refractivity contribution in [2.45, 2.75) is 65.0 Å². The van der Waals surface area contributed by atoms with Gasteiger partial charge in [0.1, 0.15) is 23.0 Å². The lowest BCUT2D eigenvalue weighted by Gasteiger charge is -2.24. The first-order valence-electron chi connectivity index (χ1n) is 12.3. The molecule has 36 heavy (non-hydrogen) atoms. The lowest BCUT2D eigenvalue weighted by molar-refractivity contribution is -0.106. The van der Waals surface area contributed by atoms with E-state index >= 15 is 0 Å². The smallest absolute Gasteiger partial charge is 0.199 e. The van der Waals surface area contributed by atoms with Crippen molar-refractivity contribution in [2.24, 2.45) is 0 Å². The Morgan fingerprint density at radius 1 is 0.694 bits per heavy atom. The molecule has 2 unspecified atom stereocenters. The Balaban J connectivity index is 0.000000201. The molecule has 8 heteroatoms. The van der Waals surface area contributed by atoms with Crippen LogP contribution in [-0.2, 0) is 9.47 Å². The molecule has 0 amide bonds. The van der Waals surface area contributed by atoms with Crippen LogP contribution in [0.1, 0.15) is 70.4 Å². The number of hydrogen-bond acceptors (Lipinski definition) is 8. The normalized spacial score (nSPS) is 19.3. The molecule has 0 aliphatic carbocycles. The van der Waals surface area contributed by atoms with Gasteiger partial charge in [-0.05, 0) is 63.8 Å². The zero-order valence-electron chi connectivity index (χ0n) is 21.5. The van der Waals surface area contributed by atoms with Gasteiger partial charge in [0.2, 0.25) is 0 Å². The van der Waals surface area contributed by atoms with Crippen LogP contribution >= 0.6 is 0 Å². The molecule has 8 nitrogen and oxygen atoms in total. The Hall–Kier alpha value is -3.10. The number of aldehydes is 2. The summed E-state index contributed by atoms with van der Waals surface area (Å²) in [5.74, 6) is 2.56. The van der Waals surface area contributed by atoms with E-state index in [1.54, 1.807) is 38.5 Å². The van der Waals surface area contributed by atoms with Crippen molar-refractivity contribution >= 4 is 12.6 Å². The van der Waals surface area contributed by atoms with Crippen LogP contribution in [-0.4, -0.2) is 52.6 Å². The lowest BCUT2D eigenvalue weighted by atomic mass is 10.1. The van der Waals surface area contributed by atoms with Crippen molar-refractivity contribution in [2.75, 3.05) is 27.4 Å². The molecule has 2 heterocycles. The van der Waals surface area contributed by atoms with E-state index in [2.05, 4.69) is 0 Å². The van der Waals surface area contributed by atoms with Gasteiger partial charge in [0, 0.05) is 24.0 Å². The fourth-order valence-corrected chi connectivity index (χ4v) is 4.26. The van der Waals surface area contributed by atoms with Crippen LogP contribution in [0.3, 0.4) is 0 Å². The summed E-state index contributed by atoms with van der Waals surface area (Å²) in [6, 6.07) is 6.99. The number of carbonyl (C=O) groups is 2. The Morgan fingerprint density at radius 3 is 1.42 bits per heavy atom. The van der Waals surface area contributed by atoms with Gasteiger partial charge >= 0.3 is 0 Å². The molecular weight excluding hydrogens is 464 g/mol. The van der Waals surface area contributed by atoms with Crippen molar-refractivity contribution in [3.05, 3.63) is 46.5 Å². The zero-order chi connectivity index (χ0) is 25.9. The third kappa shape index (κ3) is 6.98. The molecule has 2 aliphatic rings. The van der Waals surface area contributed by atoms with Gasteiger partial charge in [0.15, 0.2) is 25.2 Å². The quantitative estimate of drug-likeness (QED) is 0.443. The Bertz CT molecular complexity index is 926. The van der Waals surface area contributed by atoms with Crippen LogP contribution in [0.4, 0.5) is 0 Å². The molecule has 0 spiro atoms. The Labute approximate surface area is 212 Å². The maximum absolute atomic E-state index is 10.9. The molecule has 196 valence electrons. The first-order valence-corrected chi connectivity index (χ1v) is 12.3. The summed E-state index contributed by atoms with van der Waals surface area (Å²) in [7, 11) is 3.10. The molecule has 2 saturated heterocycles. The highest BCUT2D eigenvalue weighted by atomic mass is 16.7. The molecule has 0 bridgehead atoms. The molecule has 2 atom stereocenters. The predicted molar refractivity (Wildman–Crippen MR) is 135 cm³/mol. The Morgan fingerprint density at radius 2 is 1.11 bits per heavy atom. The number of rotatable bonds is 8. The van der Waals surface area contributed by atoms with Crippen molar-refractivity contribution in [3.63, 3.8) is 0 Å². The predicted octanol–water partition coefficient (Wildman–Crippen LogP) is 5.44. The average molecular weight is 501 g/mol. The fourth-order valence-electron chi connectivity index (χ4n) is 4.26. The van der Waals surface area contributed by atoms with E-state index in [1.165, 1.54) is 0 Å². The summed E-state index contributed by atoms with van der Waals surface area (Å²) in [6.45, 7) is 5.24. The third-order valence-corrected chi connectivity index (χ3v) is 6.23. The van der Waals surface area contributed by atoms with Crippen LogP contribution in [0.2, 0.25) is 0 Å². The van der Waals surface area contributed by atoms with Gasteiger partial charge in [-0.2, -0.15) is 0 Å². The molecule has 2 aromatic rings. The number of hydrogen-bond donors (Lipinski definition) is 0. The van der Waals surface area contributed by atoms with E-state index in [0.29, 0.717) is 34.1 Å². The first kappa shape index (κ1) is 27.5. The van der Waals surface area contributed by atoms with Crippen LogP contribution in [0.15, 0.2) is 24.3 Å². The minimum Gasteiger partial charge on any atom is -0.496 e. The zero-order valence-corrected chi connectivity index (χ0v) is 21.5. The van der Waals surface area contributed by atoms with E-state index < -0.39 is 0 Å². The summed E-state index contributed by atoms with van der Waals surface area (Å²) in [5, 5.41) is 0. The average Bonchev–Trinajstić information content (AvgIpc) is 2.92. The summed E-state index contributed by atoms with van der Waals surface area (Å²) >= 11 is 0. The SMILES string of the molecule is COc1c(C=O)ccc(OC2CCCCO2)c1C.COc1c(C=O)ccc(OC2CCCCO2)c1C. The van der Waals surface area contributed by atoms with Crippen molar-refractivity contribution in [1.29, 1.82) is 0 Å². The van der Waals surface area contributed by atoms with E-state index in [1.807, 2.05) is 13.8 Å². The van der Waals surface area contributed by atoms with Crippen LogP contribution < -0.4 is 18.9 Å². The minimum atomic E-state index is -0.191. The molecule has 0 saturated carbocycles. The van der Waals surface area contributed by atoms with Crippen LogP contribution in [0, 0.1) is 13.8 Å². The second kappa shape index (κ2) is 13.8. The van der Waals surface area contributed by atoms with Crippen molar-refractivity contribution in [1.82, 2.24) is 0 Å². The largest absolute Gasteiger partial charge is 0.496 e. The highest BCUT2D eigenvalue weighted by Crippen LogP contribution is 2.33. The summed E-state index contributed by atoms with van der Waals surface area (Å²) in [4.78, 5) is 21.8. The second-order valence-electron chi connectivity index (χ2n) is 8.69. The molecule has 4 rings (SSSR count). The minimum absolute atomic E-state index is 0.191. The molecule has 2 aliphatic heterocycles. The maximum Gasteiger partial charge on any atom is 0.199 e. The van der Waals surface area contributed by atoms with Gasteiger partial charge < -0.3 is 28.4 Å². The van der Waals surface area contributed by atoms with Crippen LogP contribution in [0.25, 0.3) is 0 Å². The van der Waals surface area contributed by atoms with E-state index in [-0.39, 0.29) is 12.6 Å². The standard InChI is InChI=1S/2C14H18O4/c2*1-10-12(18-13-5-3-4-8-17-13)7-6-11(9-15)14(10)16-2/h2*6-7,9,13H,3-5,8H2,1-2H3. The molecule has 2 fully saturated rings. The monoisotopic (exact) mass is 500 g/mol. The molecule has 0 aromatic heterocycles. The van der Waals surface area contributed by atoms with Crippen molar-refractivity contribution < 1.29 is 38.0 Å². The van der Waals surface area contributed by atoms with Gasteiger partial charge in [-0.3, -0.25) is 9.59 Å². The fraction of sp³-hybridized carbons (Fsp3) is 0.500. The van der Waals surface area contributed by atoms with Crippen molar-refractivity contribution in [3.8, 4) is 23.0 Å². The lowest BCUT2D eigenvalue weighted by Crippen LogP contribution is -2.25. The summed E-state index contributed by atoms with van der Waals surface area (Å²) in [6.07, 6.45) is 7.40. The highest BCUT2D eigenvalue weighted by molar-refractivity contribution is 5.81. The topological polar surface area (TPSA) is 89.5 Å².